The third-order valence-corrected chi connectivity index (χ3v) is 5.76. The topological polar surface area (TPSA) is 78.1 Å². The van der Waals surface area contributed by atoms with Crippen molar-refractivity contribution in [2.75, 3.05) is 13.1 Å². The zero-order valence-electron chi connectivity index (χ0n) is 14.6. The van der Waals surface area contributed by atoms with Gasteiger partial charge in [-0.15, -0.1) is 0 Å². The van der Waals surface area contributed by atoms with E-state index >= 15 is 0 Å². The molecule has 6 nitrogen and oxygen atoms in total. The molecule has 3 aromatic rings. The largest absolute Gasteiger partial charge is 0.343 e. The standard InChI is InChI=1S/C20H19IN4O2/c21-14-7-2-1-6-13(14)20(27)22-12-18(26)25-11-5-10-17(25)19-23-15-8-3-4-9-16(15)24-19/h1-4,6-9,17H,5,10-12H2,(H,22,27)(H,23,24). The maximum atomic E-state index is 12.7. The molecular formula is C20H19IN4O2. The van der Waals surface area contributed by atoms with Crippen LogP contribution in [-0.2, 0) is 4.79 Å². The van der Waals surface area contributed by atoms with E-state index < -0.39 is 0 Å². The Morgan fingerprint density at radius 1 is 1.19 bits per heavy atom. The highest BCUT2D eigenvalue weighted by molar-refractivity contribution is 14.1. The molecule has 1 aliphatic heterocycles. The zero-order chi connectivity index (χ0) is 18.8. The van der Waals surface area contributed by atoms with Crippen LogP contribution >= 0.6 is 22.6 Å². The van der Waals surface area contributed by atoms with Crippen molar-refractivity contribution in [1.82, 2.24) is 20.2 Å². The SMILES string of the molecule is O=C(NCC(=O)N1CCCC1c1nc2ccccc2[nH]1)c1ccccc1I. The van der Waals surface area contributed by atoms with Gasteiger partial charge in [0.2, 0.25) is 5.91 Å². The lowest BCUT2D eigenvalue weighted by molar-refractivity contribution is -0.131. The van der Waals surface area contributed by atoms with E-state index in [1.807, 2.05) is 47.4 Å². The zero-order valence-corrected chi connectivity index (χ0v) is 16.8. The van der Waals surface area contributed by atoms with Crippen molar-refractivity contribution in [3.05, 3.63) is 63.5 Å². The molecule has 138 valence electrons. The van der Waals surface area contributed by atoms with Crippen LogP contribution in [0.25, 0.3) is 11.0 Å². The van der Waals surface area contributed by atoms with Crippen molar-refractivity contribution in [1.29, 1.82) is 0 Å². The number of H-pyrrole nitrogens is 1. The van der Waals surface area contributed by atoms with Gasteiger partial charge in [0.1, 0.15) is 5.82 Å². The van der Waals surface area contributed by atoms with E-state index in [1.165, 1.54) is 0 Å². The molecule has 0 bridgehead atoms. The summed E-state index contributed by atoms with van der Waals surface area (Å²) in [4.78, 5) is 34.9. The number of rotatable bonds is 4. The van der Waals surface area contributed by atoms with E-state index in [-0.39, 0.29) is 24.4 Å². The Bertz CT molecular complexity index is 967. The van der Waals surface area contributed by atoms with Crippen molar-refractivity contribution in [2.45, 2.75) is 18.9 Å². The van der Waals surface area contributed by atoms with Crippen LogP contribution in [0, 0.1) is 3.57 Å². The van der Waals surface area contributed by atoms with Crippen LogP contribution in [0.5, 0.6) is 0 Å². The number of aromatic amines is 1. The first-order chi connectivity index (χ1) is 13.1. The Hall–Kier alpha value is -2.42. The fourth-order valence-corrected chi connectivity index (χ4v) is 4.11. The highest BCUT2D eigenvalue weighted by Gasteiger charge is 2.32. The van der Waals surface area contributed by atoms with Crippen LogP contribution in [0.2, 0.25) is 0 Å². The molecule has 7 heteroatoms. The molecule has 1 aliphatic rings. The smallest absolute Gasteiger partial charge is 0.252 e. The highest BCUT2D eigenvalue weighted by Crippen LogP contribution is 2.31. The average Bonchev–Trinajstić information content (AvgIpc) is 3.32. The maximum Gasteiger partial charge on any atom is 0.252 e. The number of halogens is 1. The Morgan fingerprint density at radius 2 is 1.96 bits per heavy atom. The van der Waals surface area contributed by atoms with E-state index in [1.54, 1.807) is 6.07 Å². The molecule has 2 aromatic carbocycles. The number of nitrogens with one attached hydrogen (secondary N) is 2. The summed E-state index contributed by atoms with van der Waals surface area (Å²) >= 11 is 2.12. The summed E-state index contributed by atoms with van der Waals surface area (Å²) in [6.07, 6.45) is 1.80. The van der Waals surface area contributed by atoms with Crippen molar-refractivity contribution in [3.63, 3.8) is 0 Å². The molecule has 1 unspecified atom stereocenters. The van der Waals surface area contributed by atoms with Gasteiger partial charge >= 0.3 is 0 Å². The van der Waals surface area contributed by atoms with Crippen molar-refractivity contribution >= 4 is 45.4 Å². The number of likely N-dealkylation sites (tertiary alicyclic amines) is 1. The van der Waals surface area contributed by atoms with E-state index in [0.717, 1.165) is 33.3 Å². The van der Waals surface area contributed by atoms with Crippen molar-refractivity contribution in [2.24, 2.45) is 0 Å². The van der Waals surface area contributed by atoms with Crippen LogP contribution in [0.3, 0.4) is 0 Å². The number of imidazole rings is 1. The van der Waals surface area contributed by atoms with Crippen LogP contribution < -0.4 is 5.32 Å². The van der Waals surface area contributed by atoms with E-state index in [0.29, 0.717) is 12.1 Å². The minimum absolute atomic E-state index is 0.0134. The molecule has 1 atom stereocenters. The average molecular weight is 474 g/mol. The van der Waals surface area contributed by atoms with Gasteiger partial charge in [-0.1, -0.05) is 24.3 Å². The van der Waals surface area contributed by atoms with Crippen molar-refractivity contribution < 1.29 is 9.59 Å². The molecule has 4 rings (SSSR count). The van der Waals surface area contributed by atoms with Gasteiger partial charge < -0.3 is 15.2 Å². The molecule has 0 spiro atoms. The number of carbonyl (C=O) groups is 2. The molecule has 0 aliphatic carbocycles. The summed E-state index contributed by atoms with van der Waals surface area (Å²) in [6, 6.07) is 15.1. The highest BCUT2D eigenvalue weighted by atomic mass is 127. The second-order valence-corrected chi connectivity index (χ2v) is 7.71. The first-order valence-electron chi connectivity index (χ1n) is 8.90. The quantitative estimate of drug-likeness (QED) is 0.570. The third-order valence-electron chi connectivity index (χ3n) is 4.82. The predicted molar refractivity (Wildman–Crippen MR) is 111 cm³/mol. The number of nitrogens with zero attached hydrogens (tertiary/aromatic N) is 2. The van der Waals surface area contributed by atoms with Gasteiger partial charge in [-0.2, -0.15) is 0 Å². The second kappa shape index (κ2) is 7.67. The molecule has 0 saturated carbocycles. The van der Waals surface area contributed by atoms with Gasteiger partial charge in [0.25, 0.3) is 5.91 Å². The van der Waals surface area contributed by atoms with Crippen LogP contribution in [0.15, 0.2) is 48.5 Å². The lowest BCUT2D eigenvalue weighted by Gasteiger charge is -2.23. The fourth-order valence-electron chi connectivity index (χ4n) is 3.48. The maximum absolute atomic E-state index is 12.7. The summed E-state index contributed by atoms with van der Waals surface area (Å²) in [5.41, 5.74) is 2.46. The van der Waals surface area contributed by atoms with E-state index in [2.05, 4.69) is 37.9 Å². The van der Waals surface area contributed by atoms with Crippen LogP contribution in [0.1, 0.15) is 35.1 Å². The molecule has 0 radical (unpaired) electrons. The van der Waals surface area contributed by atoms with Gasteiger partial charge in [-0.25, -0.2) is 4.98 Å². The second-order valence-electron chi connectivity index (χ2n) is 6.55. The number of amides is 2. The number of carbonyl (C=O) groups excluding carboxylic acids is 2. The molecule has 2 amide bonds. The Morgan fingerprint density at radius 3 is 2.78 bits per heavy atom. The number of fused-ring (bicyclic) bond motifs is 1. The van der Waals surface area contributed by atoms with Crippen LogP contribution in [-0.4, -0.2) is 39.8 Å². The molecular weight excluding hydrogens is 455 g/mol. The number of benzene rings is 2. The van der Waals surface area contributed by atoms with Gasteiger partial charge in [0, 0.05) is 10.1 Å². The van der Waals surface area contributed by atoms with Gasteiger partial charge in [0.05, 0.1) is 29.2 Å². The Balaban J connectivity index is 1.45. The lowest BCUT2D eigenvalue weighted by atomic mass is 10.2. The Kier molecular flexibility index (Phi) is 5.11. The minimum atomic E-state index is -0.229. The first kappa shape index (κ1) is 18.0. The number of hydrogen-bond acceptors (Lipinski definition) is 3. The van der Waals surface area contributed by atoms with Gasteiger partial charge in [-0.3, -0.25) is 9.59 Å². The van der Waals surface area contributed by atoms with E-state index in [9.17, 15) is 9.59 Å². The normalized spacial score (nSPS) is 16.6. The van der Waals surface area contributed by atoms with E-state index in [4.69, 9.17) is 0 Å². The van der Waals surface area contributed by atoms with Crippen molar-refractivity contribution in [3.8, 4) is 0 Å². The summed E-state index contributed by atoms with van der Waals surface area (Å²) in [5.74, 6) is 0.496. The summed E-state index contributed by atoms with van der Waals surface area (Å²) in [6.45, 7) is 0.666. The molecule has 27 heavy (non-hydrogen) atoms. The van der Waals surface area contributed by atoms with Crippen LogP contribution in [0.4, 0.5) is 0 Å². The molecule has 1 saturated heterocycles. The minimum Gasteiger partial charge on any atom is -0.343 e. The predicted octanol–water partition coefficient (Wildman–Crippen LogP) is 3.26. The third kappa shape index (κ3) is 3.69. The first-order valence-corrected chi connectivity index (χ1v) is 9.98. The summed E-state index contributed by atoms with van der Waals surface area (Å²) in [7, 11) is 0. The number of hydrogen-bond donors (Lipinski definition) is 2. The summed E-state index contributed by atoms with van der Waals surface area (Å²) < 4.78 is 0.862. The fraction of sp³-hybridized carbons (Fsp3) is 0.250. The Labute approximate surface area is 170 Å². The number of para-hydroxylation sites is 2. The monoisotopic (exact) mass is 474 g/mol. The molecule has 2 heterocycles. The lowest BCUT2D eigenvalue weighted by Crippen LogP contribution is -2.40. The molecule has 2 N–H and O–H groups in total. The molecule has 1 aromatic heterocycles. The number of aromatic nitrogens is 2. The summed E-state index contributed by atoms with van der Waals surface area (Å²) in [5, 5.41) is 2.75. The molecule has 1 fully saturated rings. The van der Waals surface area contributed by atoms with Gasteiger partial charge in [-0.05, 0) is 59.7 Å². The van der Waals surface area contributed by atoms with Gasteiger partial charge in [0.15, 0.2) is 0 Å².